The van der Waals surface area contributed by atoms with E-state index in [9.17, 15) is 22.8 Å². The number of carbonyl (C=O) groups is 3. The molecule has 2 amide bonds. The number of ether oxygens (including phenoxy) is 1. The van der Waals surface area contributed by atoms with E-state index in [1.807, 2.05) is 0 Å². The van der Waals surface area contributed by atoms with Crippen LogP contribution in [0.1, 0.15) is 23.2 Å². The maximum atomic E-state index is 12.5. The van der Waals surface area contributed by atoms with Crippen molar-refractivity contribution >= 4 is 39.2 Å². The number of nitrogens with one attached hydrogen (secondary N) is 1. The molecule has 0 aliphatic carbocycles. The topological polar surface area (TPSA) is 110 Å². The second-order valence-electron chi connectivity index (χ2n) is 5.94. The van der Waals surface area contributed by atoms with Gasteiger partial charge in [-0.2, -0.15) is 0 Å². The van der Waals surface area contributed by atoms with Crippen molar-refractivity contribution in [2.45, 2.75) is 12.8 Å². The Balaban J connectivity index is 1.86. The summed E-state index contributed by atoms with van der Waals surface area (Å²) >= 11 is 0. The van der Waals surface area contributed by atoms with E-state index in [1.54, 1.807) is 12.1 Å². The number of para-hydroxylation sites is 2. The molecule has 0 atom stereocenters. The molecule has 1 heterocycles. The summed E-state index contributed by atoms with van der Waals surface area (Å²) in [6, 6.07) is 12.0. The minimum Gasteiger partial charge on any atom is -0.421 e. The van der Waals surface area contributed by atoms with E-state index in [1.165, 1.54) is 36.4 Å². The van der Waals surface area contributed by atoms with Gasteiger partial charge in [0.15, 0.2) is 5.75 Å². The Morgan fingerprint density at radius 3 is 2.37 bits per heavy atom. The number of rotatable bonds is 5. The van der Waals surface area contributed by atoms with Crippen LogP contribution in [0.15, 0.2) is 48.5 Å². The zero-order valence-electron chi connectivity index (χ0n) is 14.3. The highest BCUT2D eigenvalue weighted by molar-refractivity contribution is 7.92. The van der Waals surface area contributed by atoms with Crippen LogP contribution in [0.4, 0.5) is 11.4 Å². The lowest BCUT2D eigenvalue weighted by atomic mass is 10.2. The molecular formula is C18H16N2O6S. The number of esters is 1. The Morgan fingerprint density at radius 2 is 1.70 bits per heavy atom. The molecule has 8 nitrogen and oxygen atoms in total. The van der Waals surface area contributed by atoms with E-state index in [2.05, 4.69) is 4.72 Å². The number of benzene rings is 2. The fourth-order valence-electron chi connectivity index (χ4n) is 2.66. The molecule has 140 valence electrons. The number of hydrogen-bond donors (Lipinski definition) is 1. The van der Waals surface area contributed by atoms with Gasteiger partial charge in [0.05, 0.1) is 17.5 Å². The molecule has 3 rings (SSSR count). The summed E-state index contributed by atoms with van der Waals surface area (Å²) in [5, 5.41) is 0. The van der Waals surface area contributed by atoms with E-state index in [4.69, 9.17) is 4.74 Å². The molecule has 1 aliphatic rings. The van der Waals surface area contributed by atoms with Crippen molar-refractivity contribution in [3.63, 3.8) is 0 Å². The first-order chi connectivity index (χ1) is 12.7. The standard InChI is InChI=1S/C18H16N2O6S/c1-27(24,25)19-13-6-4-5-12(11-13)18(23)26-15-8-3-2-7-14(15)20-16(21)9-10-17(20)22/h2-8,11,19H,9-10H2,1H3. The largest absolute Gasteiger partial charge is 0.421 e. The van der Waals surface area contributed by atoms with Gasteiger partial charge in [-0.15, -0.1) is 0 Å². The van der Waals surface area contributed by atoms with E-state index in [-0.39, 0.29) is 47.3 Å². The highest BCUT2D eigenvalue weighted by atomic mass is 32.2. The molecule has 1 fully saturated rings. The van der Waals surface area contributed by atoms with Crippen LogP contribution < -0.4 is 14.4 Å². The van der Waals surface area contributed by atoms with Gasteiger partial charge in [-0.25, -0.2) is 18.1 Å². The monoisotopic (exact) mass is 388 g/mol. The van der Waals surface area contributed by atoms with Crippen LogP contribution in [-0.2, 0) is 19.6 Å². The molecule has 0 spiro atoms. The highest BCUT2D eigenvalue weighted by Crippen LogP contribution is 2.32. The van der Waals surface area contributed by atoms with Crippen molar-refractivity contribution in [3.8, 4) is 5.75 Å². The summed E-state index contributed by atoms with van der Waals surface area (Å²) in [6.45, 7) is 0. The van der Waals surface area contributed by atoms with Crippen molar-refractivity contribution in [3.05, 3.63) is 54.1 Å². The molecule has 1 aliphatic heterocycles. The summed E-state index contributed by atoms with van der Waals surface area (Å²) in [5.74, 6) is -1.41. The number of amides is 2. The number of imide groups is 1. The molecule has 0 saturated carbocycles. The maximum absolute atomic E-state index is 12.5. The van der Waals surface area contributed by atoms with Crippen molar-refractivity contribution in [1.82, 2.24) is 0 Å². The first kappa shape index (κ1) is 18.6. The summed E-state index contributed by atoms with van der Waals surface area (Å²) in [6.07, 6.45) is 1.22. The van der Waals surface area contributed by atoms with Gasteiger partial charge in [0.2, 0.25) is 21.8 Å². The van der Waals surface area contributed by atoms with E-state index in [0.717, 1.165) is 11.2 Å². The first-order valence-electron chi connectivity index (χ1n) is 7.99. The Bertz CT molecular complexity index is 1020. The van der Waals surface area contributed by atoms with Crippen LogP contribution in [0, 0.1) is 0 Å². The molecule has 0 unspecified atom stereocenters. The third kappa shape index (κ3) is 4.32. The molecule has 0 radical (unpaired) electrons. The Kier molecular flexibility index (Phi) is 4.95. The zero-order chi connectivity index (χ0) is 19.6. The van der Waals surface area contributed by atoms with Crippen LogP contribution >= 0.6 is 0 Å². The van der Waals surface area contributed by atoms with Crippen LogP contribution in [0.2, 0.25) is 0 Å². The van der Waals surface area contributed by atoms with Crippen molar-refractivity contribution in [2.75, 3.05) is 15.9 Å². The number of nitrogens with zero attached hydrogens (tertiary/aromatic N) is 1. The minimum atomic E-state index is -3.49. The van der Waals surface area contributed by atoms with E-state index >= 15 is 0 Å². The molecule has 1 saturated heterocycles. The third-order valence-corrected chi connectivity index (χ3v) is 4.37. The van der Waals surface area contributed by atoms with E-state index in [0.29, 0.717) is 0 Å². The van der Waals surface area contributed by atoms with Gasteiger partial charge in [-0.05, 0) is 30.3 Å². The second-order valence-corrected chi connectivity index (χ2v) is 7.68. The van der Waals surface area contributed by atoms with E-state index < -0.39 is 16.0 Å². The highest BCUT2D eigenvalue weighted by Gasteiger charge is 2.32. The molecule has 0 bridgehead atoms. The molecule has 27 heavy (non-hydrogen) atoms. The zero-order valence-corrected chi connectivity index (χ0v) is 15.2. The lowest BCUT2D eigenvalue weighted by Crippen LogP contribution is -2.29. The lowest BCUT2D eigenvalue weighted by Gasteiger charge is -2.17. The maximum Gasteiger partial charge on any atom is 0.343 e. The average molecular weight is 388 g/mol. The van der Waals surface area contributed by atoms with Gasteiger partial charge >= 0.3 is 5.97 Å². The first-order valence-corrected chi connectivity index (χ1v) is 9.88. The third-order valence-electron chi connectivity index (χ3n) is 3.76. The summed E-state index contributed by atoms with van der Waals surface area (Å²) in [7, 11) is -3.49. The normalized spacial score (nSPS) is 14.3. The SMILES string of the molecule is CS(=O)(=O)Nc1cccc(C(=O)Oc2ccccc2N2C(=O)CCC2=O)c1. The molecule has 1 N–H and O–H groups in total. The van der Waals surface area contributed by atoms with Crippen molar-refractivity contribution in [2.24, 2.45) is 0 Å². The van der Waals surface area contributed by atoms with Crippen LogP contribution in [0.5, 0.6) is 5.75 Å². The van der Waals surface area contributed by atoms with Crippen LogP contribution in [-0.4, -0.2) is 32.5 Å². The Hall–Kier alpha value is -3.20. The molecule has 0 aromatic heterocycles. The molecule has 2 aromatic rings. The van der Waals surface area contributed by atoms with Crippen molar-refractivity contribution < 1.29 is 27.5 Å². The molecular weight excluding hydrogens is 372 g/mol. The Labute approximate surface area is 155 Å². The number of sulfonamides is 1. The predicted molar refractivity (Wildman–Crippen MR) is 98.0 cm³/mol. The summed E-state index contributed by atoms with van der Waals surface area (Å²) in [4.78, 5) is 37.4. The van der Waals surface area contributed by atoms with Gasteiger partial charge in [-0.1, -0.05) is 18.2 Å². The number of anilines is 2. The fourth-order valence-corrected chi connectivity index (χ4v) is 3.21. The minimum absolute atomic E-state index is 0.0626. The van der Waals surface area contributed by atoms with Gasteiger partial charge in [-0.3, -0.25) is 14.3 Å². The summed E-state index contributed by atoms with van der Waals surface area (Å²) < 4.78 is 30.3. The van der Waals surface area contributed by atoms with Gasteiger partial charge in [0.1, 0.15) is 0 Å². The average Bonchev–Trinajstić information content (AvgIpc) is 2.93. The van der Waals surface area contributed by atoms with Gasteiger partial charge < -0.3 is 4.74 Å². The smallest absolute Gasteiger partial charge is 0.343 e. The van der Waals surface area contributed by atoms with Gasteiger partial charge in [0, 0.05) is 18.5 Å². The number of hydrogen-bond acceptors (Lipinski definition) is 6. The van der Waals surface area contributed by atoms with Crippen LogP contribution in [0.25, 0.3) is 0 Å². The predicted octanol–water partition coefficient (Wildman–Crippen LogP) is 1.93. The molecule has 2 aromatic carbocycles. The van der Waals surface area contributed by atoms with Crippen molar-refractivity contribution in [1.29, 1.82) is 0 Å². The van der Waals surface area contributed by atoms with Gasteiger partial charge in [0.25, 0.3) is 0 Å². The fraction of sp³-hybridized carbons (Fsp3) is 0.167. The Morgan fingerprint density at radius 1 is 1.04 bits per heavy atom. The quantitative estimate of drug-likeness (QED) is 0.476. The summed E-state index contributed by atoms with van der Waals surface area (Å²) in [5.41, 5.74) is 0.520. The van der Waals surface area contributed by atoms with Crippen LogP contribution in [0.3, 0.4) is 0 Å². The lowest BCUT2D eigenvalue weighted by molar-refractivity contribution is -0.121. The molecule has 9 heteroatoms. The second kappa shape index (κ2) is 7.20. The number of carbonyl (C=O) groups excluding carboxylic acids is 3.